The average molecular weight is 549 g/mol. The van der Waals surface area contributed by atoms with Gasteiger partial charge in [0.15, 0.2) is 0 Å². The molecule has 0 atom stereocenters. The fourth-order valence-electron chi connectivity index (χ4n) is 5.14. The molecule has 2 aliphatic rings. The molecule has 0 bridgehead atoms. The van der Waals surface area contributed by atoms with Gasteiger partial charge in [-0.1, -0.05) is 6.07 Å². The first-order chi connectivity index (χ1) is 19.2. The Morgan fingerprint density at radius 2 is 1.68 bits per heavy atom. The number of amides is 2. The van der Waals surface area contributed by atoms with Crippen LogP contribution in [0.15, 0.2) is 46.9 Å². The third kappa shape index (κ3) is 6.08. The van der Waals surface area contributed by atoms with Crippen LogP contribution in [-0.2, 0) is 19.6 Å². The van der Waals surface area contributed by atoms with Gasteiger partial charge in [0.2, 0.25) is 0 Å². The first-order valence-corrected chi connectivity index (χ1v) is 13.5. The Morgan fingerprint density at radius 3 is 2.40 bits per heavy atom. The minimum Gasteiger partial charge on any atom is -0.507 e. The molecule has 10 heteroatoms. The number of hydrogen-bond donors (Lipinski definition) is 2. The monoisotopic (exact) mass is 548 g/mol. The van der Waals surface area contributed by atoms with Gasteiger partial charge >= 0.3 is 0 Å². The van der Waals surface area contributed by atoms with E-state index in [-0.39, 0.29) is 23.4 Å². The van der Waals surface area contributed by atoms with Gasteiger partial charge in [0, 0.05) is 58.9 Å². The third-order valence-corrected chi connectivity index (χ3v) is 7.57. The zero-order valence-corrected chi connectivity index (χ0v) is 23.2. The number of furan rings is 1. The molecule has 1 fully saturated rings. The number of fused-ring (bicyclic) bond motifs is 1. The van der Waals surface area contributed by atoms with Crippen LogP contribution < -0.4 is 4.74 Å². The van der Waals surface area contributed by atoms with Gasteiger partial charge in [-0.05, 0) is 55.4 Å². The van der Waals surface area contributed by atoms with Gasteiger partial charge in [-0.2, -0.15) is 0 Å². The molecule has 0 radical (unpaired) electrons. The molecule has 5 rings (SSSR count). The molecule has 0 unspecified atom stereocenters. The van der Waals surface area contributed by atoms with Crippen molar-refractivity contribution in [3.05, 3.63) is 76.2 Å². The predicted molar refractivity (Wildman–Crippen MR) is 148 cm³/mol. The lowest BCUT2D eigenvalue weighted by Crippen LogP contribution is -2.45. The van der Waals surface area contributed by atoms with Crippen molar-refractivity contribution in [1.29, 1.82) is 0 Å². The number of aryl methyl sites for hydroxylation is 1. The van der Waals surface area contributed by atoms with Crippen molar-refractivity contribution in [2.45, 2.75) is 26.6 Å². The molecule has 2 aliphatic heterocycles. The predicted octanol–water partition coefficient (Wildman–Crippen LogP) is 3.05. The number of aromatic hydroxyl groups is 2. The molecule has 1 aromatic heterocycles. The van der Waals surface area contributed by atoms with Crippen molar-refractivity contribution in [2.75, 3.05) is 53.4 Å². The van der Waals surface area contributed by atoms with Crippen molar-refractivity contribution in [2.24, 2.45) is 0 Å². The minimum atomic E-state index is -0.497. The van der Waals surface area contributed by atoms with Gasteiger partial charge in [0.05, 0.1) is 17.7 Å². The molecule has 3 aromatic rings. The maximum Gasteiger partial charge on any atom is 0.258 e. The summed E-state index contributed by atoms with van der Waals surface area (Å²) in [7, 11) is 3.72. The zero-order valence-electron chi connectivity index (χ0n) is 23.2. The molecule has 2 N–H and O–H groups in total. The SMILES string of the molecule is Cc1ccc(CN(C)C(=O)c2cc(C(=O)N3Cc4ccc(OCCN5CCN(C)CC5)cc4C3)c(O)cc2O)o1. The number of carbonyl (C=O) groups excluding carboxylic acids is 2. The molecular weight excluding hydrogens is 512 g/mol. The van der Waals surface area contributed by atoms with E-state index in [2.05, 4.69) is 16.8 Å². The van der Waals surface area contributed by atoms with Crippen LogP contribution in [0.4, 0.5) is 0 Å². The molecule has 0 aliphatic carbocycles. The number of likely N-dealkylation sites (N-methyl/N-ethyl adjacent to an activating group) is 1. The van der Waals surface area contributed by atoms with Crippen molar-refractivity contribution in [1.82, 2.24) is 19.6 Å². The second kappa shape index (κ2) is 11.6. The lowest BCUT2D eigenvalue weighted by molar-refractivity contribution is 0.0748. The Bertz CT molecular complexity index is 1390. The Balaban J connectivity index is 1.23. The van der Waals surface area contributed by atoms with Gasteiger partial charge < -0.3 is 34.1 Å². The lowest BCUT2D eigenvalue weighted by atomic mass is 10.1. The first kappa shape index (κ1) is 27.5. The van der Waals surface area contributed by atoms with Gasteiger partial charge in [-0.25, -0.2) is 0 Å². The van der Waals surface area contributed by atoms with Gasteiger partial charge in [0.1, 0.15) is 35.4 Å². The van der Waals surface area contributed by atoms with Gasteiger partial charge in [0.25, 0.3) is 11.8 Å². The number of carbonyl (C=O) groups is 2. The van der Waals surface area contributed by atoms with Gasteiger partial charge in [-0.3, -0.25) is 14.5 Å². The molecule has 212 valence electrons. The van der Waals surface area contributed by atoms with Crippen molar-refractivity contribution in [3.8, 4) is 17.2 Å². The minimum absolute atomic E-state index is 0.0418. The van der Waals surface area contributed by atoms with Crippen molar-refractivity contribution < 1.29 is 29.0 Å². The molecule has 0 spiro atoms. The highest BCUT2D eigenvalue weighted by molar-refractivity contribution is 6.03. The van der Waals surface area contributed by atoms with Crippen LogP contribution in [0.3, 0.4) is 0 Å². The van der Waals surface area contributed by atoms with Gasteiger partial charge in [-0.15, -0.1) is 0 Å². The average Bonchev–Trinajstić information content (AvgIpc) is 3.54. The Morgan fingerprint density at radius 1 is 0.950 bits per heavy atom. The van der Waals surface area contributed by atoms with E-state index < -0.39 is 17.6 Å². The maximum absolute atomic E-state index is 13.4. The van der Waals surface area contributed by atoms with Crippen LogP contribution in [0, 0.1) is 6.92 Å². The zero-order chi connectivity index (χ0) is 28.4. The third-order valence-electron chi connectivity index (χ3n) is 7.57. The number of ether oxygens (including phenoxy) is 1. The molecular formula is C30H36N4O6. The lowest BCUT2D eigenvalue weighted by Gasteiger charge is -2.32. The summed E-state index contributed by atoms with van der Waals surface area (Å²) in [5.74, 6) is 0.384. The summed E-state index contributed by atoms with van der Waals surface area (Å²) in [5, 5.41) is 20.9. The van der Waals surface area contributed by atoms with Crippen LogP contribution >= 0.6 is 0 Å². The van der Waals surface area contributed by atoms with Crippen LogP contribution in [0.5, 0.6) is 17.2 Å². The topological polar surface area (TPSA) is 110 Å². The number of phenols is 2. The molecule has 40 heavy (non-hydrogen) atoms. The standard InChI is InChI=1S/C30H36N4O6/c1-20-4-6-24(40-20)19-32(3)29(37)25-15-26(28(36)16-27(25)35)30(38)34-17-21-5-7-23(14-22(21)18-34)39-13-12-33-10-8-31(2)9-11-33/h4-7,14-16,35-36H,8-13,17-19H2,1-3H3. The molecule has 0 saturated carbocycles. The highest BCUT2D eigenvalue weighted by atomic mass is 16.5. The number of phenolic OH excluding ortho intramolecular Hbond substituents is 2. The van der Waals surface area contributed by atoms with Crippen LogP contribution in [0.1, 0.15) is 43.4 Å². The largest absolute Gasteiger partial charge is 0.507 e. The Hall–Kier alpha value is -4.02. The van der Waals surface area contributed by atoms with Crippen LogP contribution in [-0.4, -0.2) is 95.1 Å². The van der Waals surface area contributed by atoms with E-state index in [0.717, 1.165) is 61.4 Å². The molecule has 3 heterocycles. The normalized spacial score (nSPS) is 15.7. The maximum atomic E-state index is 13.4. The van der Waals surface area contributed by atoms with E-state index in [1.54, 1.807) is 24.1 Å². The fourth-order valence-corrected chi connectivity index (χ4v) is 5.14. The number of nitrogens with zero attached hydrogens (tertiary/aromatic N) is 4. The molecule has 2 aromatic carbocycles. The number of piperazine rings is 1. The van der Waals surface area contributed by atoms with Crippen molar-refractivity contribution >= 4 is 11.8 Å². The summed E-state index contributed by atoms with van der Waals surface area (Å²) in [6, 6.07) is 11.7. The van der Waals surface area contributed by atoms with E-state index in [9.17, 15) is 19.8 Å². The number of rotatable bonds is 8. The summed E-state index contributed by atoms with van der Waals surface area (Å²) >= 11 is 0. The summed E-state index contributed by atoms with van der Waals surface area (Å²) in [5.41, 5.74) is 1.87. The smallest absolute Gasteiger partial charge is 0.258 e. The number of benzene rings is 2. The van der Waals surface area contributed by atoms with Crippen LogP contribution in [0.2, 0.25) is 0 Å². The van der Waals surface area contributed by atoms with Crippen molar-refractivity contribution in [3.63, 3.8) is 0 Å². The van der Waals surface area contributed by atoms with E-state index in [1.165, 1.54) is 11.0 Å². The summed E-state index contributed by atoms with van der Waals surface area (Å²) in [4.78, 5) is 34.3. The van der Waals surface area contributed by atoms with E-state index >= 15 is 0 Å². The molecule has 2 amide bonds. The fraction of sp³-hybridized carbons (Fsp3) is 0.400. The second-order valence-corrected chi connectivity index (χ2v) is 10.6. The number of hydrogen-bond acceptors (Lipinski definition) is 8. The van der Waals surface area contributed by atoms with E-state index in [1.807, 2.05) is 25.1 Å². The van der Waals surface area contributed by atoms with Crippen LogP contribution in [0.25, 0.3) is 0 Å². The Labute approximate surface area is 234 Å². The van der Waals surface area contributed by atoms with E-state index in [0.29, 0.717) is 25.5 Å². The van der Waals surface area contributed by atoms with E-state index in [4.69, 9.17) is 9.15 Å². The summed E-state index contributed by atoms with van der Waals surface area (Å²) in [6.07, 6.45) is 0. The first-order valence-electron chi connectivity index (χ1n) is 13.5. The molecule has 1 saturated heterocycles. The molecule has 10 nitrogen and oxygen atoms in total. The Kier molecular flexibility index (Phi) is 7.99. The second-order valence-electron chi connectivity index (χ2n) is 10.6. The highest BCUT2D eigenvalue weighted by Gasteiger charge is 2.29. The quantitative estimate of drug-likeness (QED) is 0.442. The summed E-state index contributed by atoms with van der Waals surface area (Å²) < 4.78 is 11.5. The summed E-state index contributed by atoms with van der Waals surface area (Å²) in [6.45, 7) is 8.41. The highest BCUT2D eigenvalue weighted by Crippen LogP contribution is 2.33.